The van der Waals surface area contributed by atoms with Gasteiger partial charge in [0.15, 0.2) is 0 Å². The lowest BCUT2D eigenvalue weighted by Gasteiger charge is -2.10. The smallest absolute Gasteiger partial charge is 0.307 e. The number of para-hydroxylation sites is 2. The Morgan fingerprint density at radius 2 is 1.63 bits per heavy atom. The van der Waals surface area contributed by atoms with Crippen LogP contribution in [0, 0.1) is 0 Å². The van der Waals surface area contributed by atoms with Crippen molar-refractivity contribution in [3.05, 3.63) is 78.4 Å². The minimum atomic E-state index is -3.77. The highest BCUT2D eigenvalue weighted by molar-refractivity contribution is 7.91. The van der Waals surface area contributed by atoms with Gasteiger partial charge in [0.05, 0.1) is 21.9 Å². The Balaban J connectivity index is 1.89. The molecule has 0 atom stereocenters. The fraction of sp³-hybridized carbons (Fsp3) is 0.0500. The SMILES string of the molecule is Nc1ccccc1Oc1cccc(S(=O)(=O)c2ccc(CC(=O)O)cc2)c1. The molecule has 0 aliphatic heterocycles. The molecule has 0 fully saturated rings. The summed E-state index contributed by atoms with van der Waals surface area (Å²) >= 11 is 0. The van der Waals surface area contributed by atoms with E-state index < -0.39 is 15.8 Å². The minimum Gasteiger partial charge on any atom is -0.481 e. The zero-order chi connectivity index (χ0) is 19.4. The number of benzene rings is 3. The zero-order valence-electron chi connectivity index (χ0n) is 14.2. The van der Waals surface area contributed by atoms with E-state index in [1.807, 2.05) is 0 Å². The summed E-state index contributed by atoms with van der Waals surface area (Å²) in [5.74, 6) is -0.197. The number of nitrogens with two attached hydrogens (primary N) is 1. The predicted octanol–water partition coefficient (Wildman–Crippen LogP) is 3.52. The van der Waals surface area contributed by atoms with Gasteiger partial charge in [-0.2, -0.15) is 0 Å². The van der Waals surface area contributed by atoms with Crippen LogP contribution in [-0.2, 0) is 21.1 Å². The van der Waals surface area contributed by atoms with Gasteiger partial charge < -0.3 is 15.6 Å². The van der Waals surface area contributed by atoms with E-state index in [9.17, 15) is 13.2 Å². The van der Waals surface area contributed by atoms with Crippen LogP contribution in [0.25, 0.3) is 0 Å². The van der Waals surface area contributed by atoms with Crippen molar-refractivity contribution >= 4 is 21.5 Å². The Morgan fingerprint density at radius 3 is 2.30 bits per heavy atom. The molecule has 0 aliphatic rings. The molecule has 0 amide bonds. The number of carboxylic acids is 1. The van der Waals surface area contributed by atoms with Crippen LogP contribution in [0.1, 0.15) is 5.56 Å². The van der Waals surface area contributed by atoms with Gasteiger partial charge in [-0.1, -0.05) is 30.3 Å². The van der Waals surface area contributed by atoms with E-state index >= 15 is 0 Å². The number of anilines is 1. The highest BCUT2D eigenvalue weighted by atomic mass is 32.2. The number of hydrogen-bond acceptors (Lipinski definition) is 5. The maximum atomic E-state index is 12.8. The van der Waals surface area contributed by atoms with Crippen molar-refractivity contribution in [3.8, 4) is 11.5 Å². The van der Waals surface area contributed by atoms with Crippen LogP contribution < -0.4 is 10.5 Å². The van der Waals surface area contributed by atoms with E-state index in [-0.39, 0.29) is 16.2 Å². The lowest BCUT2D eigenvalue weighted by Crippen LogP contribution is -2.04. The summed E-state index contributed by atoms with van der Waals surface area (Å²) in [6, 6.07) is 18.8. The normalized spacial score (nSPS) is 11.1. The summed E-state index contributed by atoms with van der Waals surface area (Å²) in [4.78, 5) is 10.9. The molecule has 0 aliphatic carbocycles. The van der Waals surface area contributed by atoms with Crippen LogP contribution in [0.5, 0.6) is 11.5 Å². The first-order chi connectivity index (χ1) is 12.9. The van der Waals surface area contributed by atoms with E-state index in [4.69, 9.17) is 15.6 Å². The lowest BCUT2D eigenvalue weighted by atomic mass is 10.2. The maximum Gasteiger partial charge on any atom is 0.307 e. The minimum absolute atomic E-state index is 0.0699. The van der Waals surface area contributed by atoms with Crippen molar-refractivity contribution < 1.29 is 23.1 Å². The van der Waals surface area contributed by atoms with Gasteiger partial charge in [0.2, 0.25) is 9.84 Å². The van der Waals surface area contributed by atoms with Gasteiger partial charge in [0, 0.05) is 0 Å². The molecule has 0 heterocycles. The van der Waals surface area contributed by atoms with Gasteiger partial charge >= 0.3 is 5.97 Å². The van der Waals surface area contributed by atoms with Gasteiger partial charge in [-0.05, 0) is 48.0 Å². The molecule has 138 valence electrons. The molecule has 3 N–H and O–H groups in total. The third kappa shape index (κ3) is 4.27. The second-order valence-corrected chi connectivity index (χ2v) is 7.78. The molecular formula is C20H17NO5S. The van der Waals surface area contributed by atoms with Crippen LogP contribution in [0.4, 0.5) is 5.69 Å². The fourth-order valence-electron chi connectivity index (χ4n) is 2.50. The van der Waals surface area contributed by atoms with Crippen molar-refractivity contribution in [1.29, 1.82) is 0 Å². The Hall–Kier alpha value is -3.32. The molecule has 7 heteroatoms. The quantitative estimate of drug-likeness (QED) is 0.631. The number of hydrogen-bond donors (Lipinski definition) is 2. The molecule has 0 aromatic heterocycles. The van der Waals surface area contributed by atoms with Crippen LogP contribution in [0.2, 0.25) is 0 Å². The summed E-state index contributed by atoms with van der Waals surface area (Å²) in [6.07, 6.45) is -0.165. The number of ether oxygens (including phenoxy) is 1. The zero-order valence-corrected chi connectivity index (χ0v) is 15.0. The van der Waals surface area contributed by atoms with Crippen molar-refractivity contribution in [2.75, 3.05) is 5.73 Å². The molecule has 0 radical (unpaired) electrons. The third-order valence-corrected chi connectivity index (χ3v) is 5.62. The van der Waals surface area contributed by atoms with E-state index in [2.05, 4.69) is 0 Å². The summed E-state index contributed by atoms with van der Waals surface area (Å²) in [6.45, 7) is 0. The molecular weight excluding hydrogens is 366 g/mol. The van der Waals surface area contributed by atoms with E-state index in [0.717, 1.165) is 0 Å². The highest BCUT2D eigenvalue weighted by Gasteiger charge is 2.18. The molecule has 3 rings (SSSR count). The molecule has 3 aromatic carbocycles. The molecule has 0 bridgehead atoms. The van der Waals surface area contributed by atoms with Crippen LogP contribution in [0.3, 0.4) is 0 Å². The van der Waals surface area contributed by atoms with Crippen molar-refractivity contribution in [2.24, 2.45) is 0 Å². The van der Waals surface area contributed by atoms with Crippen molar-refractivity contribution in [1.82, 2.24) is 0 Å². The second-order valence-electron chi connectivity index (χ2n) is 5.83. The molecule has 27 heavy (non-hydrogen) atoms. The lowest BCUT2D eigenvalue weighted by molar-refractivity contribution is -0.136. The molecule has 0 saturated carbocycles. The van der Waals surface area contributed by atoms with Crippen LogP contribution in [-0.4, -0.2) is 19.5 Å². The van der Waals surface area contributed by atoms with Gasteiger partial charge in [0.25, 0.3) is 0 Å². The number of sulfone groups is 1. The summed E-state index contributed by atoms with van der Waals surface area (Å²) < 4.78 is 31.4. The summed E-state index contributed by atoms with van der Waals surface area (Å²) in [5.41, 5.74) is 6.82. The molecule has 0 spiro atoms. The maximum absolute atomic E-state index is 12.8. The van der Waals surface area contributed by atoms with Crippen LogP contribution in [0.15, 0.2) is 82.6 Å². The fourth-order valence-corrected chi connectivity index (χ4v) is 3.80. The average molecular weight is 383 g/mol. The highest BCUT2D eigenvalue weighted by Crippen LogP contribution is 2.30. The predicted molar refractivity (Wildman–Crippen MR) is 101 cm³/mol. The molecule has 3 aromatic rings. The average Bonchev–Trinajstić information content (AvgIpc) is 2.64. The Kier molecular flexibility index (Phi) is 5.14. The summed E-state index contributed by atoms with van der Waals surface area (Å²) in [5, 5.41) is 8.80. The number of nitrogen functional groups attached to an aromatic ring is 1. The first-order valence-corrected chi connectivity index (χ1v) is 9.53. The summed E-state index contributed by atoms with van der Waals surface area (Å²) in [7, 11) is -3.77. The van der Waals surface area contributed by atoms with Gasteiger partial charge in [0.1, 0.15) is 11.5 Å². The van der Waals surface area contributed by atoms with Gasteiger partial charge in [-0.25, -0.2) is 8.42 Å². The number of rotatable bonds is 6. The van der Waals surface area contributed by atoms with Gasteiger partial charge in [-0.15, -0.1) is 0 Å². The second kappa shape index (κ2) is 7.51. The monoisotopic (exact) mass is 383 g/mol. The molecule has 6 nitrogen and oxygen atoms in total. The van der Waals surface area contributed by atoms with E-state index in [1.165, 1.54) is 36.4 Å². The molecule has 0 unspecified atom stereocenters. The Labute approximate surface area is 156 Å². The molecule has 0 saturated heterocycles. The standard InChI is InChI=1S/C20H17NO5S/c21-18-6-1-2-7-19(18)26-15-4-3-5-17(13-15)27(24,25)16-10-8-14(9-11-16)12-20(22)23/h1-11,13H,12,21H2,(H,22,23). The topological polar surface area (TPSA) is 107 Å². The third-order valence-electron chi connectivity index (χ3n) is 3.85. The largest absolute Gasteiger partial charge is 0.481 e. The number of carbonyl (C=O) groups is 1. The van der Waals surface area contributed by atoms with Gasteiger partial charge in [-0.3, -0.25) is 4.79 Å². The Bertz CT molecular complexity index is 1080. The number of aliphatic carboxylic acids is 1. The van der Waals surface area contributed by atoms with E-state index in [0.29, 0.717) is 22.7 Å². The first-order valence-electron chi connectivity index (χ1n) is 8.04. The first kappa shape index (κ1) is 18.5. The van der Waals surface area contributed by atoms with E-state index in [1.54, 1.807) is 36.4 Å². The Morgan fingerprint density at radius 1 is 0.926 bits per heavy atom. The van der Waals surface area contributed by atoms with Crippen molar-refractivity contribution in [2.45, 2.75) is 16.2 Å². The number of carboxylic acid groups (broad SMARTS) is 1. The van der Waals surface area contributed by atoms with Crippen molar-refractivity contribution in [3.63, 3.8) is 0 Å². The van der Waals surface area contributed by atoms with Crippen LogP contribution >= 0.6 is 0 Å².